The Hall–Kier alpha value is -0.690. The topological polar surface area (TPSA) is 72.0 Å². The van der Waals surface area contributed by atoms with Gasteiger partial charge in [0.05, 0.1) is 0 Å². The van der Waals surface area contributed by atoms with E-state index in [1.807, 2.05) is 13.8 Å². The average Bonchev–Trinajstić information content (AvgIpc) is 2.30. The van der Waals surface area contributed by atoms with E-state index in [-0.39, 0.29) is 11.8 Å². The van der Waals surface area contributed by atoms with Gasteiger partial charge in [-0.2, -0.15) is 4.37 Å². The van der Waals surface area contributed by atoms with Crippen LogP contribution in [0.1, 0.15) is 19.7 Å². The molecule has 5 nitrogen and oxygen atoms in total. The molecule has 1 heterocycles. The highest BCUT2D eigenvalue weighted by Crippen LogP contribution is 2.13. The maximum absolute atomic E-state index is 10.9. The first-order valence-electron chi connectivity index (χ1n) is 4.13. The monoisotopic (exact) mass is 235 g/mol. The SMILES string of the molecule is CC(C)Nc1nc(CS(C)(=O)=O)ns1. The molecule has 0 bridgehead atoms. The normalized spacial score (nSPS) is 12.0. The Labute approximate surface area is 87.7 Å². The molecule has 1 N–H and O–H groups in total. The lowest BCUT2D eigenvalue weighted by molar-refractivity contribution is 0.600. The van der Waals surface area contributed by atoms with Gasteiger partial charge in [0.2, 0.25) is 5.13 Å². The second-order valence-corrected chi connectivity index (χ2v) is 6.28. The minimum absolute atomic E-state index is 0.0940. The van der Waals surface area contributed by atoms with Crippen molar-refractivity contribution < 1.29 is 8.42 Å². The van der Waals surface area contributed by atoms with Gasteiger partial charge in [0.1, 0.15) is 5.75 Å². The maximum Gasteiger partial charge on any atom is 0.202 e. The van der Waals surface area contributed by atoms with Crippen LogP contribution in [0.25, 0.3) is 0 Å². The van der Waals surface area contributed by atoms with E-state index < -0.39 is 9.84 Å². The molecular weight excluding hydrogens is 222 g/mol. The number of aromatic nitrogens is 2. The van der Waals surface area contributed by atoms with Crippen molar-refractivity contribution in [3.8, 4) is 0 Å². The summed E-state index contributed by atoms with van der Waals surface area (Å²) < 4.78 is 25.8. The first-order valence-corrected chi connectivity index (χ1v) is 6.97. The van der Waals surface area contributed by atoms with Crippen molar-refractivity contribution in [2.75, 3.05) is 11.6 Å². The Bertz CT molecular complexity index is 397. The van der Waals surface area contributed by atoms with E-state index in [1.165, 1.54) is 17.8 Å². The summed E-state index contributed by atoms with van der Waals surface area (Å²) in [7, 11) is -3.04. The quantitative estimate of drug-likeness (QED) is 0.839. The molecule has 0 aliphatic heterocycles. The smallest absolute Gasteiger partial charge is 0.202 e. The number of hydrogen-bond acceptors (Lipinski definition) is 6. The second kappa shape index (κ2) is 4.22. The zero-order chi connectivity index (χ0) is 10.8. The Morgan fingerprint density at radius 1 is 1.50 bits per heavy atom. The molecule has 1 aromatic heterocycles. The summed E-state index contributed by atoms with van der Waals surface area (Å²) in [4.78, 5) is 4.05. The maximum atomic E-state index is 10.9. The number of nitrogens with one attached hydrogen (secondary N) is 1. The lowest BCUT2D eigenvalue weighted by Gasteiger charge is -2.03. The fraction of sp³-hybridized carbons (Fsp3) is 0.714. The van der Waals surface area contributed by atoms with Crippen LogP contribution in [0.5, 0.6) is 0 Å². The molecule has 7 heteroatoms. The summed E-state index contributed by atoms with van der Waals surface area (Å²) >= 11 is 1.18. The lowest BCUT2D eigenvalue weighted by Crippen LogP contribution is -2.09. The first kappa shape index (κ1) is 11.4. The van der Waals surface area contributed by atoms with Crippen molar-refractivity contribution in [3.63, 3.8) is 0 Å². The van der Waals surface area contributed by atoms with Crippen molar-refractivity contribution in [2.24, 2.45) is 0 Å². The number of rotatable bonds is 4. The van der Waals surface area contributed by atoms with Crippen molar-refractivity contribution >= 4 is 26.5 Å². The van der Waals surface area contributed by atoms with Gasteiger partial charge >= 0.3 is 0 Å². The highest BCUT2D eigenvalue weighted by atomic mass is 32.2. The molecule has 0 atom stereocenters. The molecule has 0 saturated carbocycles. The number of anilines is 1. The van der Waals surface area contributed by atoms with Crippen molar-refractivity contribution in [1.29, 1.82) is 0 Å². The molecule has 0 radical (unpaired) electrons. The van der Waals surface area contributed by atoms with Gasteiger partial charge in [-0.15, -0.1) is 0 Å². The third kappa shape index (κ3) is 4.01. The van der Waals surface area contributed by atoms with E-state index in [0.29, 0.717) is 11.0 Å². The van der Waals surface area contributed by atoms with Gasteiger partial charge in [0.15, 0.2) is 15.7 Å². The van der Waals surface area contributed by atoms with Crippen LogP contribution in [0.2, 0.25) is 0 Å². The predicted octanol–water partition coefficient (Wildman–Crippen LogP) is 0.903. The first-order chi connectivity index (χ1) is 6.37. The fourth-order valence-electron chi connectivity index (χ4n) is 0.853. The van der Waals surface area contributed by atoms with Gasteiger partial charge in [-0.3, -0.25) is 0 Å². The van der Waals surface area contributed by atoms with E-state index >= 15 is 0 Å². The van der Waals surface area contributed by atoms with Crippen LogP contribution in [-0.2, 0) is 15.6 Å². The summed E-state index contributed by atoms with van der Waals surface area (Å²) in [5, 5.41) is 3.73. The third-order valence-electron chi connectivity index (χ3n) is 1.27. The summed E-state index contributed by atoms with van der Waals surface area (Å²) in [6, 6.07) is 0.272. The molecular formula is C7H13N3O2S2. The Balaban J connectivity index is 2.69. The van der Waals surface area contributed by atoms with E-state index in [0.717, 1.165) is 0 Å². The second-order valence-electron chi connectivity index (χ2n) is 3.38. The van der Waals surface area contributed by atoms with Gasteiger partial charge in [0, 0.05) is 23.8 Å². The predicted molar refractivity (Wildman–Crippen MR) is 57.2 cm³/mol. The molecule has 0 unspecified atom stereocenters. The molecule has 0 amide bonds. The zero-order valence-electron chi connectivity index (χ0n) is 8.31. The van der Waals surface area contributed by atoms with Crippen molar-refractivity contribution in [3.05, 3.63) is 5.82 Å². The fourth-order valence-corrected chi connectivity index (χ4v) is 2.26. The highest BCUT2D eigenvalue weighted by Gasteiger charge is 2.10. The van der Waals surface area contributed by atoms with Gasteiger partial charge in [-0.1, -0.05) is 0 Å². The minimum atomic E-state index is -3.04. The molecule has 1 rings (SSSR count). The summed E-state index contributed by atoms with van der Waals surface area (Å²) in [6.07, 6.45) is 1.17. The Morgan fingerprint density at radius 2 is 2.14 bits per heavy atom. The van der Waals surface area contributed by atoms with Crippen LogP contribution < -0.4 is 5.32 Å². The largest absolute Gasteiger partial charge is 0.358 e. The van der Waals surface area contributed by atoms with E-state index in [2.05, 4.69) is 14.7 Å². The van der Waals surface area contributed by atoms with Crippen LogP contribution in [0.3, 0.4) is 0 Å². The number of nitrogens with zero attached hydrogens (tertiary/aromatic N) is 2. The molecule has 0 aliphatic rings. The molecule has 1 aromatic rings. The molecule has 0 spiro atoms. The molecule has 0 saturated heterocycles. The molecule has 14 heavy (non-hydrogen) atoms. The van der Waals surface area contributed by atoms with E-state index in [1.54, 1.807) is 0 Å². The summed E-state index contributed by atoms with van der Waals surface area (Å²) in [6.45, 7) is 3.97. The summed E-state index contributed by atoms with van der Waals surface area (Å²) in [5.41, 5.74) is 0. The van der Waals surface area contributed by atoms with Crippen LogP contribution in [0, 0.1) is 0 Å². The molecule has 0 aliphatic carbocycles. The van der Waals surface area contributed by atoms with Crippen molar-refractivity contribution in [2.45, 2.75) is 25.6 Å². The average molecular weight is 235 g/mol. The number of hydrogen-bond donors (Lipinski definition) is 1. The van der Waals surface area contributed by atoms with Crippen molar-refractivity contribution in [1.82, 2.24) is 9.36 Å². The molecule has 80 valence electrons. The van der Waals surface area contributed by atoms with Crippen LogP contribution in [0.4, 0.5) is 5.13 Å². The summed E-state index contributed by atoms with van der Waals surface area (Å²) in [5.74, 6) is 0.268. The molecule has 0 fully saturated rings. The van der Waals surface area contributed by atoms with Crippen LogP contribution >= 0.6 is 11.5 Å². The van der Waals surface area contributed by atoms with Gasteiger partial charge in [0.25, 0.3) is 0 Å². The van der Waals surface area contributed by atoms with Crippen LogP contribution in [-0.4, -0.2) is 30.1 Å². The Morgan fingerprint density at radius 3 is 2.64 bits per heavy atom. The standard InChI is InChI=1S/C7H13N3O2S2/c1-5(2)8-7-9-6(10-13-7)4-14(3,11)12/h5H,4H2,1-3H3,(H,8,9,10). The Kier molecular flexibility index (Phi) is 3.43. The van der Waals surface area contributed by atoms with E-state index in [4.69, 9.17) is 0 Å². The molecule has 0 aromatic carbocycles. The van der Waals surface area contributed by atoms with Gasteiger partial charge in [-0.25, -0.2) is 13.4 Å². The zero-order valence-corrected chi connectivity index (χ0v) is 9.94. The third-order valence-corrected chi connectivity index (χ3v) is 2.74. The van der Waals surface area contributed by atoms with Gasteiger partial charge in [-0.05, 0) is 13.8 Å². The van der Waals surface area contributed by atoms with Gasteiger partial charge < -0.3 is 5.32 Å². The number of sulfone groups is 1. The lowest BCUT2D eigenvalue weighted by atomic mass is 10.4. The highest BCUT2D eigenvalue weighted by molar-refractivity contribution is 7.89. The van der Waals surface area contributed by atoms with Crippen LogP contribution in [0.15, 0.2) is 0 Å². The minimum Gasteiger partial charge on any atom is -0.358 e. The van der Waals surface area contributed by atoms with E-state index in [9.17, 15) is 8.42 Å².